The molecule has 0 aliphatic heterocycles. The van der Waals surface area contributed by atoms with Crippen molar-refractivity contribution in [3.63, 3.8) is 0 Å². The lowest BCUT2D eigenvalue weighted by molar-refractivity contribution is 1.07. The first-order valence-electron chi connectivity index (χ1n) is 23.8. The number of benzene rings is 7. The highest BCUT2D eigenvalue weighted by Gasteiger charge is 2.19. The Morgan fingerprint density at radius 3 is 0.861 bits per heavy atom. The van der Waals surface area contributed by atoms with Gasteiger partial charge in [0.25, 0.3) is 0 Å². The lowest BCUT2D eigenvalue weighted by atomic mass is 9.94. The molecule has 7 nitrogen and oxygen atoms in total. The second kappa shape index (κ2) is 19.6. The van der Waals surface area contributed by atoms with E-state index in [9.17, 15) is 0 Å². The molecule has 0 aliphatic carbocycles. The summed E-state index contributed by atoms with van der Waals surface area (Å²) in [7, 11) is 0. The van der Waals surface area contributed by atoms with Crippen LogP contribution >= 0.6 is 0 Å². The summed E-state index contributed by atoms with van der Waals surface area (Å²) in [5.74, 6) is 1.58. The van der Waals surface area contributed by atoms with E-state index >= 15 is 0 Å². The molecule has 0 aliphatic rings. The third kappa shape index (κ3) is 9.33. The summed E-state index contributed by atoms with van der Waals surface area (Å²) in [6.07, 6.45) is 7.30. The summed E-state index contributed by atoms with van der Waals surface area (Å²) < 4.78 is 0. The SMILES string of the molecule is c1ccc(-c2cc(-c3ccccn3)cc(-c3nc(-c4cc(-c5ccc(-c6ccccn6)cc5)cc(-c5cccc(-c6ccccn6)c5)c4)nc(-c4cc(-c5ccccc5)cc(-c5ccccn5)c4)n3)c2)cc1. The Bertz CT molecular complexity index is 3560. The number of hydrogen-bond donors (Lipinski definition) is 0. The van der Waals surface area contributed by atoms with Crippen molar-refractivity contribution in [2.24, 2.45) is 0 Å². The molecule has 0 unspecified atom stereocenters. The Labute approximate surface area is 418 Å². The summed E-state index contributed by atoms with van der Waals surface area (Å²) in [6, 6.07) is 81.4. The van der Waals surface area contributed by atoms with Gasteiger partial charge in [0.15, 0.2) is 17.5 Å². The summed E-state index contributed by atoms with van der Waals surface area (Å²) >= 11 is 0. The van der Waals surface area contributed by atoms with Crippen LogP contribution in [0.25, 0.3) is 124 Å². The Hall–Kier alpha value is -9.85. The van der Waals surface area contributed by atoms with Gasteiger partial charge in [0.05, 0.1) is 22.8 Å². The van der Waals surface area contributed by atoms with Gasteiger partial charge >= 0.3 is 0 Å². The van der Waals surface area contributed by atoms with Crippen molar-refractivity contribution in [3.8, 4) is 124 Å². The van der Waals surface area contributed by atoms with E-state index in [1.165, 1.54) is 0 Å². The molecule has 5 aromatic heterocycles. The van der Waals surface area contributed by atoms with Crippen LogP contribution in [0.3, 0.4) is 0 Å². The van der Waals surface area contributed by atoms with Crippen LogP contribution in [0.15, 0.2) is 261 Å². The summed E-state index contributed by atoms with van der Waals surface area (Å²) in [4.78, 5) is 35.2. The van der Waals surface area contributed by atoms with Crippen LogP contribution in [0, 0.1) is 0 Å². The van der Waals surface area contributed by atoms with E-state index in [4.69, 9.17) is 24.9 Å². The fourth-order valence-corrected chi connectivity index (χ4v) is 9.08. The molecule has 72 heavy (non-hydrogen) atoms. The van der Waals surface area contributed by atoms with E-state index < -0.39 is 0 Å². The lowest BCUT2D eigenvalue weighted by Crippen LogP contribution is -2.02. The fourth-order valence-electron chi connectivity index (χ4n) is 9.08. The first kappa shape index (κ1) is 43.4. The number of aromatic nitrogens is 7. The quantitative estimate of drug-likeness (QED) is 0.128. The van der Waals surface area contributed by atoms with Gasteiger partial charge in [-0.15, -0.1) is 0 Å². The van der Waals surface area contributed by atoms with Crippen LogP contribution in [-0.2, 0) is 0 Å². The molecule has 12 rings (SSSR count). The number of hydrogen-bond acceptors (Lipinski definition) is 7. The second-order valence-electron chi connectivity index (χ2n) is 17.5. The smallest absolute Gasteiger partial charge is 0.164 e. The normalized spacial score (nSPS) is 11.1. The van der Waals surface area contributed by atoms with E-state index in [0.29, 0.717) is 17.5 Å². The van der Waals surface area contributed by atoms with Crippen molar-refractivity contribution in [1.82, 2.24) is 34.9 Å². The van der Waals surface area contributed by atoms with Crippen molar-refractivity contribution in [3.05, 3.63) is 261 Å². The van der Waals surface area contributed by atoms with Crippen molar-refractivity contribution in [1.29, 1.82) is 0 Å². The van der Waals surface area contributed by atoms with E-state index in [-0.39, 0.29) is 0 Å². The maximum Gasteiger partial charge on any atom is 0.164 e. The molecule has 7 aromatic carbocycles. The monoisotopic (exact) mass is 921 g/mol. The fraction of sp³-hybridized carbons (Fsp3) is 0. The first-order chi connectivity index (χ1) is 35.6. The van der Waals surface area contributed by atoms with Crippen molar-refractivity contribution in [2.45, 2.75) is 0 Å². The average Bonchev–Trinajstić information content (AvgIpc) is 3.48. The van der Waals surface area contributed by atoms with Gasteiger partial charge in [0.1, 0.15) is 0 Å². The molecule has 0 fully saturated rings. The van der Waals surface area contributed by atoms with Gasteiger partial charge in [-0.05, 0) is 154 Å². The molecule has 338 valence electrons. The lowest BCUT2D eigenvalue weighted by Gasteiger charge is -2.15. The number of pyridine rings is 4. The molecular formula is C65H43N7. The van der Waals surface area contributed by atoms with E-state index in [1.54, 1.807) is 0 Å². The summed E-state index contributed by atoms with van der Waals surface area (Å²) in [5, 5.41) is 0. The molecule has 12 aromatic rings. The highest BCUT2D eigenvalue weighted by Crippen LogP contribution is 2.38. The highest BCUT2D eigenvalue weighted by molar-refractivity contribution is 5.85. The molecule has 0 bridgehead atoms. The first-order valence-corrected chi connectivity index (χ1v) is 23.8. The van der Waals surface area contributed by atoms with Crippen LogP contribution in [0.4, 0.5) is 0 Å². The van der Waals surface area contributed by atoms with Gasteiger partial charge in [-0.3, -0.25) is 19.9 Å². The van der Waals surface area contributed by atoms with Crippen LogP contribution < -0.4 is 0 Å². The Morgan fingerprint density at radius 1 is 0.167 bits per heavy atom. The van der Waals surface area contributed by atoms with Gasteiger partial charge in [-0.25, -0.2) is 15.0 Å². The minimum absolute atomic E-state index is 0.526. The molecule has 0 saturated carbocycles. The van der Waals surface area contributed by atoms with Crippen molar-refractivity contribution in [2.75, 3.05) is 0 Å². The minimum atomic E-state index is 0.526. The van der Waals surface area contributed by atoms with Gasteiger partial charge in [0, 0.05) is 63.7 Å². The molecule has 0 amide bonds. The van der Waals surface area contributed by atoms with Crippen molar-refractivity contribution < 1.29 is 0 Å². The van der Waals surface area contributed by atoms with E-state index in [2.05, 4.69) is 162 Å². The zero-order valence-corrected chi connectivity index (χ0v) is 39.0. The maximum absolute atomic E-state index is 5.45. The molecular weight excluding hydrogens is 879 g/mol. The Kier molecular flexibility index (Phi) is 11.8. The molecule has 0 spiro atoms. The molecule has 5 heterocycles. The zero-order valence-electron chi connectivity index (χ0n) is 39.0. The molecule has 0 atom stereocenters. The standard InChI is InChI=1S/C65H43N7/c1-3-16-44(17-4-1)51-36-54(61-24-9-13-32-68-61)42-57(39-51)64-70-63(71-65(72-64)58-40-52(45-18-5-2-6-19-45)37-55(43-58)62-25-10-14-33-69-62)56-38-50(46-26-28-47(29-27-46)59-22-7-11-30-66-59)35-53(41-56)48-20-15-21-49(34-48)60-23-8-12-31-67-60/h1-43H. The Balaban J connectivity index is 1.10. The average molecular weight is 922 g/mol. The van der Waals surface area contributed by atoms with Crippen LogP contribution in [0.2, 0.25) is 0 Å². The predicted octanol–water partition coefficient (Wildman–Crippen LogP) is 15.8. The van der Waals surface area contributed by atoms with Crippen molar-refractivity contribution >= 4 is 0 Å². The molecule has 0 saturated heterocycles. The topological polar surface area (TPSA) is 90.2 Å². The molecule has 0 radical (unpaired) electrons. The maximum atomic E-state index is 5.45. The number of rotatable bonds is 11. The van der Waals surface area contributed by atoms with Crippen LogP contribution in [0.5, 0.6) is 0 Å². The highest BCUT2D eigenvalue weighted by atomic mass is 15.0. The van der Waals surface area contributed by atoms with Gasteiger partial charge < -0.3 is 0 Å². The molecule has 7 heteroatoms. The summed E-state index contributed by atoms with van der Waals surface area (Å²) in [5.41, 5.74) is 18.2. The largest absolute Gasteiger partial charge is 0.256 e. The van der Waals surface area contributed by atoms with Crippen LogP contribution in [-0.4, -0.2) is 34.9 Å². The van der Waals surface area contributed by atoms with E-state index in [0.717, 1.165) is 106 Å². The van der Waals surface area contributed by atoms with Gasteiger partial charge in [-0.1, -0.05) is 127 Å². The molecule has 0 N–H and O–H groups in total. The second-order valence-corrected chi connectivity index (χ2v) is 17.5. The zero-order chi connectivity index (χ0) is 48.1. The van der Waals surface area contributed by atoms with Gasteiger partial charge in [0.2, 0.25) is 0 Å². The number of nitrogens with zero attached hydrogens (tertiary/aromatic N) is 7. The third-order valence-electron chi connectivity index (χ3n) is 12.7. The predicted molar refractivity (Wildman–Crippen MR) is 291 cm³/mol. The van der Waals surface area contributed by atoms with Gasteiger partial charge in [-0.2, -0.15) is 0 Å². The Morgan fingerprint density at radius 2 is 0.444 bits per heavy atom. The van der Waals surface area contributed by atoms with E-state index in [1.807, 2.05) is 110 Å². The third-order valence-corrected chi connectivity index (χ3v) is 12.7. The summed E-state index contributed by atoms with van der Waals surface area (Å²) in [6.45, 7) is 0. The van der Waals surface area contributed by atoms with Crippen LogP contribution in [0.1, 0.15) is 0 Å². The minimum Gasteiger partial charge on any atom is -0.256 e.